The summed E-state index contributed by atoms with van der Waals surface area (Å²) >= 11 is 1.91. The number of fused-ring (bicyclic) bond motifs is 1. The van der Waals surface area contributed by atoms with Crippen LogP contribution in [0.4, 0.5) is 5.82 Å². The number of aromatic nitrogens is 1. The van der Waals surface area contributed by atoms with Crippen molar-refractivity contribution in [1.29, 1.82) is 0 Å². The van der Waals surface area contributed by atoms with Crippen molar-refractivity contribution in [3.05, 3.63) is 45.8 Å². The molecule has 0 radical (unpaired) electrons. The lowest BCUT2D eigenvalue weighted by molar-refractivity contribution is 0.312. The van der Waals surface area contributed by atoms with E-state index in [0.29, 0.717) is 6.04 Å². The van der Waals surface area contributed by atoms with Gasteiger partial charge in [0.1, 0.15) is 5.82 Å². The fourth-order valence-corrected chi connectivity index (χ4v) is 4.71. The van der Waals surface area contributed by atoms with Gasteiger partial charge in [-0.25, -0.2) is 4.98 Å². The molecule has 1 N–H and O–H groups in total. The van der Waals surface area contributed by atoms with Gasteiger partial charge in [-0.15, -0.1) is 11.3 Å². The average molecular weight is 343 g/mol. The molecule has 2 aliphatic rings. The molecule has 2 aromatic rings. The molecule has 0 aromatic carbocycles. The maximum atomic E-state index is 4.59. The van der Waals surface area contributed by atoms with Crippen LogP contribution in [-0.4, -0.2) is 43.1 Å². The Balaban J connectivity index is 1.40. The van der Waals surface area contributed by atoms with Crippen molar-refractivity contribution in [2.24, 2.45) is 0 Å². The maximum Gasteiger partial charge on any atom is 0.128 e. The molecule has 1 atom stereocenters. The molecule has 3 heterocycles. The predicted molar refractivity (Wildman–Crippen MR) is 101 cm³/mol. The molecule has 5 heteroatoms. The van der Waals surface area contributed by atoms with Crippen LogP contribution in [0.25, 0.3) is 0 Å². The van der Waals surface area contributed by atoms with Crippen LogP contribution in [0.1, 0.15) is 34.9 Å². The molecule has 1 saturated heterocycles. The van der Waals surface area contributed by atoms with E-state index in [-0.39, 0.29) is 0 Å². The van der Waals surface area contributed by atoms with Crippen molar-refractivity contribution in [3.8, 4) is 0 Å². The van der Waals surface area contributed by atoms with E-state index in [0.717, 1.165) is 38.5 Å². The van der Waals surface area contributed by atoms with Gasteiger partial charge < -0.3 is 15.1 Å². The van der Waals surface area contributed by atoms with Gasteiger partial charge >= 0.3 is 0 Å². The molecule has 1 aliphatic heterocycles. The third-order valence-corrected chi connectivity index (χ3v) is 6.24. The quantitative estimate of drug-likeness (QED) is 0.925. The highest BCUT2D eigenvalue weighted by atomic mass is 32.1. The summed E-state index contributed by atoms with van der Waals surface area (Å²) in [5.41, 5.74) is 2.86. The second-order valence-corrected chi connectivity index (χ2v) is 7.94. The molecule has 4 rings (SSSR count). The van der Waals surface area contributed by atoms with Gasteiger partial charge in [0, 0.05) is 49.8 Å². The van der Waals surface area contributed by atoms with Gasteiger partial charge in [0.15, 0.2) is 0 Å². The summed E-state index contributed by atoms with van der Waals surface area (Å²) in [6, 6.07) is 7.22. The number of anilines is 1. The van der Waals surface area contributed by atoms with E-state index in [1.165, 1.54) is 30.4 Å². The summed E-state index contributed by atoms with van der Waals surface area (Å²) in [5.74, 6) is 1.13. The zero-order chi connectivity index (χ0) is 16.4. The summed E-state index contributed by atoms with van der Waals surface area (Å²) in [4.78, 5) is 10.9. The molecule has 128 valence electrons. The van der Waals surface area contributed by atoms with Crippen molar-refractivity contribution in [2.45, 2.75) is 31.8 Å². The van der Waals surface area contributed by atoms with E-state index in [4.69, 9.17) is 0 Å². The average Bonchev–Trinajstić information content (AvgIpc) is 3.10. The second-order valence-electron chi connectivity index (χ2n) is 6.94. The molecule has 0 saturated carbocycles. The molecule has 2 aromatic heterocycles. The lowest BCUT2D eigenvalue weighted by Crippen LogP contribution is -2.44. The molecular formula is C19H26N4S. The molecular weight excluding hydrogens is 316 g/mol. The first-order valence-electron chi connectivity index (χ1n) is 8.97. The Morgan fingerprint density at radius 1 is 1.25 bits per heavy atom. The van der Waals surface area contributed by atoms with Gasteiger partial charge in [-0.1, -0.05) is 0 Å². The molecule has 0 amide bonds. The molecule has 0 unspecified atom stereocenters. The van der Waals surface area contributed by atoms with Crippen LogP contribution in [0.2, 0.25) is 0 Å². The number of nitrogens with zero attached hydrogens (tertiary/aromatic N) is 3. The number of likely N-dealkylation sites (N-methyl/N-ethyl adjacent to an activating group) is 1. The summed E-state index contributed by atoms with van der Waals surface area (Å²) in [5, 5.41) is 6.01. The molecule has 4 nitrogen and oxygen atoms in total. The fraction of sp³-hybridized carbons (Fsp3) is 0.526. The Kier molecular flexibility index (Phi) is 4.83. The van der Waals surface area contributed by atoms with E-state index in [2.05, 4.69) is 50.7 Å². The second kappa shape index (κ2) is 7.21. The highest BCUT2D eigenvalue weighted by Crippen LogP contribution is 2.33. The largest absolute Gasteiger partial charge is 0.354 e. The van der Waals surface area contributed by atoms with Crippen LogP contribution in [0.5, 0.6) is 0 Å². The lowest BCUT2D eigenvalue weighted by atomic mass is 9.94. The van der Waals surface area contributed by atoms with Crippen molar-refractivity contribution < 1.29 is 0 Å². The number of aryl methyl sites for hydroxylation is 1. The molecule has 1 fully saturated rings. The Labute approximate surface area is 148 Å². The summed E-state index contributed by atoms with van der Waals surface area (Å²) in [7, 11) is 2.19. The van der Waals surface area contributed by atoms with Crippen LogP contribution in [0.15, 0.2) is 29.8 Å². The number of rotatable bonds is 4. The smallest absolute Gasteiger partial charge is 0.128 e. The molecule has 24 heavy (non-hydrogen) atoms. The first-order valence-corrected chi connectivity index (χ1v) is 9.85. The first-order chi connectivity index (χ1) is 11.8. The van der Waals surface area contributed by atoms with E-state index in [9.17, 15) is 0 Å². The van der Waals surface area contributed by atoms with E-state index in [1.54, 1.807) is 4.88 Å². The van der Waals surface area contributed by atoms with Crippen LogP contribution in [-0.2, 0) is 13.0 Å². The zero-order valence-corrected chi connectivity index (χ0v) is 15.2. The van der Waals surface area contributed by atoms with Crippen molar-refractivity contribution in [2.75, 3.05) is 38.1 Å². The van der Waals surface area contributed by atoms with Crippen molar-refractivity contribution >= 4 is 17.2 Å². The van der Waals surface area contributed by atoms with Crippen molar-refractivity contribution in [3.63, 3.8) is 0 Å². The number of pyridine rings is 1. The normalized spacial score (nSPS) is 21.7. The summed E-state index contributed by atoms with van der Waals surface area (Å²) in [6.45, 7) is 5.30. The summed E-state index contributed by atoms with van der Waals surface area (Å²) in [6.07, 6.45) is 5.77. The molecule has 1 aliphatic carbocycles. The predicted octanol–water partition coefficient (Wildman–Crippen LogP) is 3.06. The van der Waals surface area contributed by atoms with E-state index >= 15 is 0 Å². The van der Waals surface area contributed by atoms with Gasteiger partial charge in [0.25, 0.3) is 0 Å². The lowest BCUT2D eigenvalue weighted by Gasteiger charge is -2.33. The molecule has 0 bridgehead atoms. The van der Waals surface area contributed by atoms with Crippen LogP contribution < -0.4 is 10.2 Å². The number of hydrogen-bond donors (Lipinski definition) is 1. The number of piperazine rings is 1. The standard InChI is InChI=1S/C19H26N4S/c1-22-8-10-23(11-9-22)19-13-15(5-7-20-19)14-21-17-3-2-4-18-16(17)6-12-24-18/h5-7,12-13,17,21H,2-4,8-11,14H2,1H3/t17-/m1/s1. The fourth-order valence-electron chi connectivity index (χ4n) is 3.72. The first kappa shape index (κ1) is 16.1. The minimum atomic E-state index is 0.514. The Morgan fingerprint density at radius 3 is 3.00 bits per heavy atom. The van der Waals surface area contributed by atoms with Crippen molar-refractivity contribution in [1.82, 2.24) is 15.2 Å². The Hall–Kier alpha value is -1.43. The number of nitrogens with one attached hydrogen (secondary N) is 1. The molecule has 0 spiro atoms. The monoisotopic (exact) mass is 342 g/mol. The van der Waals surface area contributed by atoms with Crippen LogP contribution in [0, 0.1) is 0 Å². The number of thiophene rings is 1. The third kappa shape index (κ3) is 3.48. The minimum Gasteiger partial charge on any atom is -0.354 e. The highest BCUT2D eigenvalue weighted by Gasteiger charge is 2.21. The Bertz CT molecular complexity index is 676. The van der Waals surface area contributed by atoms with Crippen LogP contribution >= 0.6 is 11.3 Å². The topological polar surface area (TPSA) is 31.4 Å². The van der Waals surface area contributed by atoms with Gasteiger partial charge in [-0.2, -0.15) is 0 Å². The third-order valence-electron chi connectivity index (χ3n) is 5.24. The SMILES string of the molecule is CN1CCN(c2cc(CN[C@@H]3CCCc4sccc43)ccn2)CC1. The van der Waals surface area contributed by atoms with Gasteiger partial charge in [0.2, 0.25) is 0 Å². The highest BCUT2D eigenvalue weighted by molar-refractivity contribution is 7.10. The van der Waals surface area contributed by atoms with E-state index < -0.39 is 0 Å². The van der Waals surface area contributed by atoms with E-state index in [1.807, 2.05) is 17.5 Å². The Morgan fingerprint density at radius 2 is 2.12 bits per heavy atom. The van der Waals surface area contributed by atoms with Crippen LogP contribution in [0.3, 0.4) is 0 Å². The maximum absolute atomic E-state index is 4.59. The zero-order valence-electron chi connectivity index (χ0n) is 14.4. The van der Waals surface area contributed by atoms with Gasteiger partial charge in [-0.3, -0.25) is 0 Å². The minimum absolute atomic E-state index is 0.514. The van der Waals surface area contributed by atoms with Gasteiger partial charge in [-0.05, 0) is 61.0 Å². The van der Waals surface area contributed by atoms with Gasteiger partial charge in [0.05, 0.1) is 0 Å². The number of hydrogen-bond acceptors (Lipinski definition) is 5. The summed E-state index contributed by atoms with van der Waals surface area (Å²) < 4.78 is 0.